The highest BCUT2D eigenvalue weighted by Gasteiger charge is 2.23. The lowest BCUT2D eigenvalue weighted by Crippen LogP contribution is -2.24. The van der Waals surface area contributed by atoms with E-state index in [1.807, 2.05) is 0 Å². The fourth-order valence-electron chi connectivity index (χ4n) is 2.20. The molecule has 1 aromatic heterocycles. The first-order valence-electron chi connectivity index (χ1n) is 6.43. The number of carbonyl (C=O) groups is 1. The van der Waals surface area contributed by atoms with E-state index in [1.54, 1.807) is 24.3 Å². The number of nitriles is 1. The molecule has 0 unspecified atom stereocenters. The normalized spacial score (nSPS) is 10.1. The molecule has 0 amide bonds. The fourth-order valence-corrected chi connectivity index (χ4v) is 2.20. The topological polar surface area (TPSA) is 92.3 Å². The average molecular weight is 298 g/mol. The van der Waals surface area contributed by atoms with Crippen molar-refractivity contribution >= 4 is 5.78 Å². The maximum absolute atomic E-state index is 12.6. The molecule has 6 heteroatoms. The largest absolute Gasteiger partial charge is 0.497 e. The summed E-state index contributed by atoms with van der Waals surface area (Å²) < 4.78 is 5.95. The van der Waals surface area contributed by atoms with Gasteiger partial charge in [-0.25, -0.2) is 0 Å². The number of ketones is 1. The van der Waals surface area contributed by atoms with Crippen molar-refractivity contribution in [3.8, 4) is 17.7 Å². The molecule has 0 saturated heterocycles. The summed E-state index contributed by atoms with van der Waals surface area (Å²) in [5, 5.41) is 19.2. The smallest absolute Gasteiger partial charge is 0.271 e. The van der Waals surface area contributed by atoms with Crippen LogP contribution in [0.2, 0.25) is 0 Å². The first kappa shape index (κ1) is 15.3. The van der Waals surface area contributed by atoms with E-state index in [1.165, 1.54) is 27.1 Å². The van der Waals surface area contributed by atoms with Crippen LogP contribution in [0.5, 0.6) is 11.6 Å². The summed E-state index contributed by atoms with van der Waals surface area (Å²) >= 11 is 0. The molecule has 0 fully saturated rings. The Morgan fingerprint density at radius 2 is 2.09 bits per heavy atom. The number of methoxy groups -OCH3 is 1. The van der Waals surface area contributed by atoms with Crippen LogP contribution in [-0.4, -0.2) is 22.6 Å². The molecule has 0 atom stereocenters. The molecular weight excluding hydrogens is 284 g/mol. The predicted octanol–water partition coefficient (Wildman–Crippen LogP) is 1.51. The monoisotopic (exact) mass is 298 g/mol. The molecule has 112 valence electrons. The van der Waals surface area contributed by atoms with E-state index >= 15 is 0 Å². The highest BCUT2D eigenvalue weighted by Crippen LogP contribution is 2.25. The van der Waals surface area contributed by atoms with Crippen molar-refractivity contribution in [1.82, 2.24) is 4.57 Å². The zero-order chi connectivity index (χ0) is 16.4. The number of aromatic hydroxyl groups is 1. The van der Waals surface area contributed by atoms with Crippen LogP contribution < -0.4 is 10.3 Å². The van der Waals surface area contributed by atoms with Crippen LogP contribution in [0, 0.1) is 18.3 Å². The third-order valence-electron chi connectivity index (χ3n) is 3.48. The number of aromatic nitrogens is 1. The Kier molecular flexibility index (Phi) is 4.00. The van der Waals surface area contributed by atoms with E-state index in [4.69, 9.17) is 10.00 Å². The number of nitrogens with zero attached hydrogens (tertiary/aromatic N) is 2. The van der Waals surface area contributed by atoms with E-state index in [0.717, 1.165) is 4.57 Å². The molecule has 0 bridgehead atoms. The van der Waals surface area contributed by atoms with E-state index in [2.05, 4.69) is 0 Å². The second kappa shape index (κ2) is 5.74. The molecule has 1 heterocycles. The minimum Gasteiger partial charge on any atom is -0.497 e. The van der Waals surface area contributed by atoms with Crippen LogP contribution in [0.1, 0.15) is 27.0 Å². The molecule has 0 aliphatic heterocycles. The summed E-state index contributed by atoms with van der Waals surface area (Å²) in [6.07, 6.45) is 0. The Labute approximate surface area is 126 Å². The van der Waals surface area contributed by atoms with Crippen LogP contribution in [0.15, 0.2) is 29.1 Å². The molecule has 2 rings (SSSR count). The maximum atomic E-state index is 12.6. The summed E-state index contributed by atoms with van der Waals surface area (Å²) in [6.45, 7) is 1.47. The summed E-state index contributed by atoms with van der Waals surface area (Å²) in [5.74, 6) is -0.455. The zero-order valence-corrected chi connectivity index (χ0v) is 12.4. The minimum atomic E-state index is -0.639. The third-order valence-corrected chi connectivity index (χ3v) is 3.48. The van der Waals surface area contributed by atoms with Gasteiger partial charge in [0.2, 0.25) is 5.88 Å². The van der Waals surface area contributed by atoms with Crippen molar-refractivity contribution in [1.29, 1.82) is 5.26 Å². The van der Waals surface area contributed by atoms with Gasteiger partial charge in [0.25, 0.3) is 5.56 Å². The molecule has 2 aromatic rings. The van der Waals surface area contributed by atoms with Gasteiger partial charge in [0, 0.05) is 12.6 Å². The predicted molar refractivity (Wildman–Crippen MR) is 79.2 cm³/mol. The number of hydrogen-bond donors (Lipinski definition) is 1. The van der Waals surface area contributed by atoms with Crippen molar-refractivity contribution in [2.75, 3.05) is 7.11 Å². The molecule has 0 spiro atoms. The number of hydrogen-bond acceptors (Lipinski definition) is 5. The van der Waals surface area contributed by atoms with E-state index in [9.17, 15) is 14.7 Å². The van der Waals surface area contributed by atoms with Crippen LogP contribution in [-0.2, 0) is 7.05 Å². The van der Waals surface area contributed by atoms with Crippen LogP contribution in [0.3, 0.4) is 0 Å². The average Bonchev–Trinajstić information content (AvgIpc) is 2.53. The van der Waals surface area contributed by atoms with Gasteiger partial charge in [-0.15, -0.1) is 0 Å². The van der Waals surface area contributed by atoms with Gasteiger partial charge in [0.15, 0.2) is 5.78 Å². The van der Waals surface area contributed by atoms with Gasteiger partial charge in [0.1, 0.15) is 17.4 Å². The zero-order valence-electron chi connectivity index (χ0n) is 12.4. The van der Waals surface area contributed by atoms with Gasteiger partial charge in [-0.05, 0) is 24.6 Å². The van der Waals surface area contributed by atoms with Gasteiger partial charge in [-0.2, -0.15) is 5.26 Å². The van der Waals surface area contributed by atoms with Crippen LogP contribution in [0.25, 0.3) is 0 Å². The number of benzene rings is 1. The molecule has 0 aliphatic carbocycles. The molecular formula is C16H14N2O4. The molecule has 22 heavy (non-hydrogen) atoms. The molecule has 1 N–H and O–H groups in total. The first-order valence-corrected chi connectivity index (χ1v) is 6.43. The second-order valence-electron chi connectivity index (χ2n) is 4.74. The summed E-state index contributed by atoms with van der Waals surface area (Å²) in [4.78, 5) is 24.5. The van der Waals surface area contributed by atoms with E-state index < -0.39 is 17.2 Å². The SMILES string of the molecule is COc1cccc(C(=O)c2c(C)c(C#N)c(=O)n(C)c2O)c1. The van der Waals surface area contributed by atoms with Crippen molar-refractivity contribution in [3.63, 3.8) is 0 Å². The quantitative estimate of drug-likeness (QED) is 0.867. The number of ether oxygens (including phenoxy) is 1. The Morgan fingerprint density at radius 3 is 2.68 bits per heavy atom. The van der Waals surface area contributed by atoms with E-state index in [0.29, 0.717) is 11.3 Å². The summed E-state index contributed by atoms with van der Waals surface area (Å²) in [5.41, 5.74) is -0.408. The second-order valence-corrected chi connectivity index (χ2v) is 4.74. The van der Waals surface area contributed by atoms with Crippen molar-refractivity contribution < 1.29 is 14.6 Å². The van der Waals surface area contributed by atoms with Crippen molar-refractivity contribution in [2.45, 2.75) is 6.92 Å². The van der Waals surface area contributed by atoms with Gasteiger partial charge in [-0.1, -0.05) is 12.1 Å². The standard InChI is InChI=1S/C16H14N2O4/c1-9-12(8-17)15(20)18(2)16(21)13(9)14(19)10-5-4-6-11(7-10)22-3/h4-7,21H,1-3H3. The Morgan fingerprint density at radius 1 is 1.41 bits per heavy atom. The number of rotatable bonds is 3. The lowest BCUT2D eigenvalue weighted by atomic mass is 9.97. The molecule has 0 aliphatic rings. The first-order chi connectivity index (χ1) is 10.4. The Balaban J connectivity index is 2.72. The molecule has 0 radical (unpaired) electrons. The van der Waals surface area contributed by atoms with Gasteiger partial charge < -0.3 is 9.84 Å². The maximum Gasteiger partial charge on any atom is 0.271 e. The third kappa shape index (κ3) is 2.33. The fraction of sp³-hybridized carbons (Fsp3) is 0.188. The lowest BCUT2D eigenvalue weighted by Gasteiger charge is -2.12. The Hall–Kier alpha value is -3.07. The molecule has 1 aromatic carbocycles. The van der Waals surface area contributed by atoms with Crippen molar-refractivity contribution in [2.24, 2.45) is 7.05 Å². The van der Waals surface area contributed by atoms with E-state index in [-0.39, 0.29) is 16.7 Å². The molecule has 6 nitrogen and oxygen atoms in total. The van der Waals surface area contributed by atoms with Crippen LogP contribution in [0.4, 0.5) is 0 Å². The lowest BCUT2D eigenvalue weighted by molar-refractivity contribution is 0.103. The van der Waals surface area contributed by atoms with Crippen LogP contribution >= 0.6 is 0 Å². The van der Waals surface area contributed by atoms with Gasteiger partial charge >= 0.3 is 0 Å². The summed E-state index contributed by atoms with van der Waals surface area (Å²) in [7, 11) is 2.78. The van der Waals surface area contributed by atoms with Crippen molar-refractivity contribution in [3.05, 3.63) is 56.9 Å². The van der Waals surface area contributed by atoms with Gasteiger partial charge in [0.05, 0.1) is 12.7 Å². The number of carbonyl (C=O) groups excluding carboxylic acids is 1. The van der Waals surface area contributed by atoms with Gasteiger partial charge in [-0.3, -0.25) is 14.2 Å². The Bertz CT molecular complexity index is 860. The number of pyridine rings is 1. The minimum absolute atomic E-state index is 0.0631. The summed E-state index contributed by atoms with van der Waals surface area (Å²) in [6, 6.07) is 8.21. The highest BCUT2D eigenvalue weighted by atomic mass is 16.5. The molecule has 0 saturated carbocycles. The highest BCUT2D eigenvalue weighted by molar-refractivity contribution is 6.11.